The van der Waals surface area contributed by atoms with Gasteiger partial charge in [0.1, 0.15) is 5.75 Å². The molecular formula is C12H16N2O3. The zero-order valence-corrected chi connectivity index (χ0v) is 9.68. The van der Waals surface area contributed by atoms with Crippen molar-refractivity contribution in [2.45, 2.75) is 12.6 Å². The van der Waals surface area contributed by atoms with E-state index in [0.29, 0.717) is 17.9 Å². The van der Waals surface area contributed by atoms with Crippen molar-refractivity contribution >= 4 is 0 Å². The maximum Gasteiger partial charge on any atom is 0.123 e. The molecule has 5 nitrogen and oxygen atoms in total. The molecule has 0 aliphatic rings. The van der Waals surface area contributed by atoms with E-state index in [-0.39, 0.29) is 19.3 Å². The van der Waals surface area contributed by atoms with Crippen LogP contribution in [0.2, 0.25) is 0 Å². The molecule has 0 atom stereocenters. The fourth-order valence-electron chi connectivity index (χ4n) is 1.43. The molecule has 92 valence electrons. The largest absolute Gasteiger partial charge is 0.496 e. The van der Waals surface area contributed by atoms with Crippen LogP contribution in [0.4, 0.5) is 0 Å². The first kappa shape index (κ1) is 13.5. The van der Waals surface area contributed by atoms with Crippen LogP contribution < -0.4 is 10.1 Å². The average molecular weight is 236 g/mol. The summed E-state index contributed by atoms with van der Waals surface area (Å²) < 4.78 is 5.17. The molecule has 0 bridgehead atoms. The van der Waals surface area contributed by atoms with Gasteiger partial charge in [-0.25, -0.2) is 0 Å². The number of aliphatic hydroxyl groups excluding tert-OH is 2. The summed E-state index contributed by atoms with van der Waals surface area (Å²) in [7, 11) is 1.56. The van der Waals surface area contributed by atoms with E-state index in [4.69, 9.17) is 20.2 Å². The highest BCUT2D eigenvalue weighted by atomic mass is 16.5. The number of hydrogen-bond acceptors (Lipinski definition) is 5. The van der Waals surface area contributed by atoms with Gasteiger partial charge in [0, 0.05) is 12.1 Å². The molecule has 0 amide bonds. The predicted molar refractivity (Wildman–Crippen MR) is 62.5 cm³/mol. The lowest BCUT2D eigenvalue weighted by Crippen LogP contribution is -2.35. The number of ether oxygens (including phenoxy) is 1. The molecule has 0 radical (unpaired) electrons. The lowest BCUT2D eigenvalue weighted by molar-refractivity contribution is 0.170. The predicted octanol–water partition coefficient (Wildman–Crippen LogP) is 0.00968. The minimum absolute atomic E-state index is 0.142. The van der Waals surface area contributed by atoms with Crippen molar-refractivity contribution in [2.24, 2.45) is 0 Å². The highest BCUT2D eigenvalue weighted by molar-refractivity contribution is 5.42. The maximum absolute atomic E-state index is 8.93. The van der Waals surface area contributed by atoms with Crippen molar-refractivity contribution in [3.05, 3.63) is 29.3 Å². The molecular weight excluding hydrogens is 220 g/mol. The van der Waals surface area contributed by atoms with Gasteiger partial charge in [-0.2, -0.15) is 5.26 Å². The standard InChI is InChI=1S/C12H16N2O3/c1-17-12-3-2-9(5-13)4-10(12)6-14-11(7-15)8-16/h2-4,11,14-16H,6-8H2,1H3. The molecule has 0 aliphatic carbocycles. The normalized spacial score (nSPS) is 10.3. The molecule has 1 rings (SSSR count). The van der Waals surface area contributed by atoms with Crippen LogP contribution in [0.15, 0.2) is 18.2 Å². The first-order chi connectivity index (χ1) is 8.24. The lowest BCUT2D eigenvalue weighted by Gasteiger charge is -2.15. The van der Waals surface area contributed by atoms with Crippen LogP contribution in [-0.4, -0.2) is 36.6 Å². The third kappa shape index (κ3) is 3.71. The Hall–Kier alpha value is -1.61. The molecule has 0 heterocycles. The van der Waals surface area contributed by atoms with Crippen LogP contribution in [0.3, 0.4) is 0 Å². The van der Waals surface area contributed by atoms with Gasteiger partial charge in [0.05, 0.1) is 38.0 Å². The Balaban J connectivity index is 2.78. The van der Waals surface area contributed by atoms with E-state index in [2.05, 4.69) is 11.4 Å². The summed E-state index contributed by atoms with van der Waals surface area (Å²) in [5.41, 5.74) is 1.37. The number of aliphatic hydroxyl groups is 2. The van der Waals surface area contributed by atoms with Gasteiger partial charge in [0.15, 0.2) is 0 Å². The molecule has 0 unspecified atom stereocenters. The summed E-state index contributed by atoms with van der Waals surface area (Å²) >= 11 is 0. The second-order valence-corrected chi connectivity index (χ2v) is 3.58. The molecule has 0 spiro atoms. The van der Waals surface area contributed by atoms with Crippen molar-refractivity contribution in [2.75, 3.05) is 20.3 Å². The Bertz CT molecular complexity index is 397. The fourth-order valence-corrected chi connectivity index (χ4v) is 1.43. The molecule has 3 N–H and O–H groups in total. The third-order valence-electron chi connectivity index (χ3n) is 2.43. The maximum atomic E-state index is 8.93. The molecule has 0 aromatic heterocycles. The first-order valence-corrected chi connectivity index (χ1v) is 5.27. The number of nitriles is 1. The number of methoxy groups -OCH3 is 1. The number of nitrogens with one attached hydrogen (secondary N) is 1. The highest BCUT2D eigenvalue weighted by Crippen LogP contribution is 2.19. The van der Waals surface area contributed by atoms with Gasteiger partial charge in [-0.3, -0.25) is 0 Å². The monoisotopic (exact) mass is 236 g/mol. The van der Waals surface area contributed by atoms with Crippen molar-refractivity contribution in [1.82, 2.24) is 5.32 Å². The average Bonchev–Trinajstić information content (AvgIpc) is 2.39. The summed E-state index contributed by atoms with van der Waals surface area (Å²) in [4.78, 5) is 0. The number of rotatable bonds is 6. The fraction of sp³-hybridized carbons (Fsp3) is 0.417. The van der Waals surface area contributed by atoms with E-state index in [1.807, 2.05) is 0 Å². The Morgan fingerprint density at radius 1 is 1.41 bits per heavy atom. The molecule has 0 saturated carbocycles. The Kier molecular flexibility index (Phi) is 5.43. The van der Waals surface area contributed by atoms with Crippen molar-refractivity contribution < 1.29 is 14.9 Å². The van der Waals surface area contributed by atoms with Gasteiger partial charge in [-0.1, -0.05) is 0 Å². The van der Waals surface area contributed by atoms with Crippen LogP contribution in [-0.2, 0) is 6.54 Å². The van der Waals surface area contributed by atoms with Gasteiger partial charge >= 0.3 is 0 Å². The third-order valence-corrected chi connectivity index (χ3v) is 2.43. The van der Waals surface area contributed by atoms with Gasteiger partial charge in [-0.05, 0) is 18.2 Å². The molecule has 17 heavy (non-hydrogen) atoms. The number of nitrogens with zero attached hydrogens (tertiary/aromatic N) is 1. The first-order valence-electron chi connectivity index (χ1n) is 5.27. The van der Waals surface area contributed by atoms with Crippen LogP contribution >= 0.6 is 0 Å². The Morgan fingerprint density at radius 3 is 2.65 bits per heavy atom. The Labute approximate surface area is 100 Å². The second kappa shape index (κ2) is 6.86. The number of hydrogen-bond donors (Lipinski definition) is 3. The van der Waals surface area contributed by atoms with Gasteiger partial charge in [0.2, 0.25) is 0 Å². The van der Waals surface area contributed by atoms with Gasteiger partial charge in [-0.15, -0.1) is 0 Å². The van der Waals surface area contributed by atoms with Crippen molar-refractivity contribution in [3.8, 4) is 11.8 Å². The molecule has 0 fully saturated rings. The summed E-state index contributed by atoms with van der Waals surface area (Å²) in [6, 6.07) is 6.81. The molecule has 5 heteroatoms. The van der Waals surface area contributed by atoms with Crippen molar-refractivity contribution in [1.29, 1.82) is 5.26 Å². The SMILES string of the molecule is COc1ccc(C#N)cc1CNC(CO)CO. The van der Waals surface area contributed by atoms with E-state index < -0.39 is 0 Å². The van der Waals surface area contributed by atoms with E-state index in [1.165, 1.54) is 0 Å². The summed E-state index contributed by atoms with van der Waals surface area (Å²) in [5, 5.41) is 29.6. The summed E-state index contributed by atoms with van der Waals surface area (Å²) in [5.74, 6) is 0.672. The van der Waals surface area contributed by atoms with Crippen LogP contribution in [0.1, 0.15) is 11.1 Å². The van der Waals surface area contributed by atoms with Gasteiger partial charge in [0.25, 0.3) is 0 Å². The Morgan fingerprint density at radius 2 is 2.12 bits per heavy atom. The zero-order chi connectivity index (χ0) is 12.7. The minimum atomic E-state index is -0.370. The van der Waals surface area contributed by atoms with E-state index in [1.54, 1.807) is 25.3 Å². The minimum Gasteiger partial charge on any atom is -0.496 e. The van der Waals surface area contributed by atoms with Crippen LogP contribution in [0, 0.1) is 11.3 Å². The highest BCUT2D eigenvalue weighted by Gasteiger charge is 2.08. The zero-order valence-electron chi connectivity index (χ0n) is 9.68. The van der Waals surface area contributed by atoms with Crippen LogP contribution in [0.5, 0.6) is 5.75 Å². The summed E-state index contributed by atoms with van der Waals surface area (Å²) in [6.45, 7) is 0.137. The topological polar surface area (TPSA) is 85.5 Å². The smallest absolute Gasteiger partial charge is 0.123 e. The quantitative estimate of drug-likeness (QED) is 0.648. The van der Waals surface area contributed by atoms with Crippen LogP contribution in [0.25, 0.3) is 0 Å². The summed E-state index contributed by atoms with van der Waals surface area (Å²) in [6.07, 6.45) is 0. The molecule has 0 aliphatic heterocycles. The molecule has 0 saturated heterocycles. The van der Waals surface area contributed by atoms with Crippen molar-refractivity contribution in [3.63, 3.8) is 0 Å². The van der Waals surface area contributed by atoms with E-state index in [0.717, 1.165) is 5.56 Å². The molecule has 1 aromatic rings. The van der Waals surface area contributed by atoms with E-state index >= 15 is 0 Å². The molecule has 1 aromatic carbocycles. The van der Waals surface area contributed by atoms with E-state index in [9.17, 15) is 0 Å². The second-order valence-electron chi connectivity index (χ2n) is 3.58. The van der Waals surface area contributed by atoms with Gasteiger partial charge < -0.3 is 20.3 Å². The lowest BCUT2D eigenvalue weighted by atomic mass is 10.1. The number of benzene rings is 1.